The quantitative estimate of drug-likeness (QED) is 0.451. The van der Waals surface area contributed by atoms with E-state index in [-0.39, 0.29) is 36.6 Å². The van der Waals surface area contributed by atoms with E-state index in [0.29, 0.717) is 11.6 Å². The Morgan fingerprint density at radius 2 is 1.79 bits per heavy atom. The first-order valence-corrected chi connectivity index (χ1v) is 14.2. The number of likely N-dealkylation sites (tertiary alicyclic amines) is 1. The molecular formula is C26H28ClN5O5S. The van der Waals surface area contributed by atoms with Crippen molar-refractivity contribution in [2.24, 2.45) is 0 Å². The Balaban J connectivity index is 1.40. The number of aromatic nitrogens is 2. The normalized spacial score (nSPS) is 20.9. The Morgan fingerprint density at radius 3 is 2.55 bits per heavy atom. The van der Waals surface area contributed by atoms with Gasteiger partial charge in [-0.1, -0.05) is 23.7 Å². The van der Waals surface area contributed by atoms with Crippen molar-refractivity contribution in [3.05, 3.63) is 65.7 Å². The molecule has 0 saturated carbocycles. The van der Waals surface area contributed by atoms with Crippen LogP contribution in [-0.2, 0) is 19.6 Å². The highest BCUT2D eigenvalue weighted by Crippen LogP contribution is 2.32. The van der Waals surface area contributed by atoms with Gasteiger partial charge in [-0.25, -0.2) is 28.0 Å². The highest BCUT2D eigenvalue weighted by atomic mass is 35.5. The van der Waals surface area contributed by atoms with Crippen molar-refractivity contribution < 1.29 is 22.7 Å². The van der Waals surface area contributed by atoms with Crippen LogP contribution in [0.1, 0.15) is 31.0 Å². The van der Waals surface area contributed by atoms with E-state index in [1.54, 1.807) is 47.5 Å². The zero-order valence-electron chi connectivity index (χ0n) is 20.9. The summed E-state index contributed by atoms with van der Waals surface area (Å²) in [6.45, 7) is 0.409. The van der Waals surface area contributed by atoms with Crippen LogP contribution in [-0.4, -0.2) is 83.8 Å². The maximum Gasteiger partial charge on any atom is 0.330 e. The molecule has 0 spiro atoms. The molecule has 1 aromatic heterocycles. The molecule has 2 atom stereocenters. The van der Waals surface area contributed by atoms with Crippen LogP contribution in [0.2, 0.25) is 5.02 Å². The van der Waals surface area contributed by atoms with Gasteiger partial charge in [0.25, 0.3) is 0 Å². The minimum Gasteiger partial charge on any atom is -0.467 e. The first-order valence-electron chi connectivity index (χ1n) is 12.4. The number of fused-ring (bicyclic) bond motifs is 1. The molecule has 12 heteroatoms. The molecule has 2 aliphatic heterocycles. The Bertz CT molecular complexity index is 1450. The number of methoxy groups -OCH3 is 1. The molecule has 2 saturated heterocycles. The fourth-order valence-electron chi connectivity index (χ4n) is 5.18. The zero-order valence-corrected chi connectivity index (χ0v) is 22.4. The van der Waals surface area contributed by atoms with E-state index in [4.69, 9.17) is 16.3 Å². The second kappa shape index (κ2) is 10.8. The molecule has 2 aliphatic rings. The minimum atomic E-state index is -3.94. The number of carbonyl (C=O) groups excluding carboxylic acids is 2. The van der Waals surface area contributed by atoms with Gasteiger partial charge < -0.3 is 14.5 Å². The number of piperidine rings is 1. The number of hydrogen-bond acceptors (Lipinski definition) is 7. The number of piperazine rings is 1. The number of hydrogen-bond donors (Lipinski definition) is 0. The number of urea groups is 1. The second-order valence-electron chi connectivity index (χ2n) is 9.37. The number of carbonyl (C=O) groups is 2. The molecule has 2 amide bonds. The maximum absolute atomic E-state index is 13.8. The summed E-state index contributed by atoms with van der Waals surface area (Å²) in [5.41, 5.74) is 0.737. The molecule has 2 unspecified atom stereocenters. The Labute approximate surface area is 226 Å². The van der Waals surface area contributed by atoms with Crippen LogP contribution in [0.25, 0.3) is 10.8 Å². The molecule has 3 heterocycles. The summed E-state index contributed by atoms with van der Waals surface area (Å²) in [6, 6.07) is 10.2. The van der Waals surface area contributed by atoms with Crippen LogP contribution < -0.4 is 0 Å². The van der Waals surface area contributed by atoms with Crippen molar-refractivity contribution in [3.63, 3.8) is 0 Å². The molecule has 3 aromatic rings. The maximum atomic E-state index is 13.8. The predicted molar refractivity (Wildman–Crippen MR) is 141 cm³/mol. The van der Waals surface area contributed by atoms with Gasteiger partial charge in [0.05, 0.1) is 23.7 Å². The summed E-state index contributed by atoms with van der Waals surface area (Å²) in [5, 5.41) is 2.11. The summed E-state index contributed by atoms with van der Waals surface area (Å²) >= 11 is 6.06. The van der Waals surface area contributed by atoms with E-state index in [0.717, 1.165) is 35.7 Å². The average molecular weight is 558 g/mol. The molecule has 5 rings (SSSR count). The van der Waals surface area contributed by atoms with E-state index in [1.807, 2.05) is 0 Å². The highest BCUT2D eigenvalue weighted by molar-refractivity contribution is 7.89. The summed E-state index contributed by atoms with van der Waals surface area (Å²) in [7, 11) is -2.71. The van der Waals surface area contributed by atoms with Crippen molar-refractivity contribution in [3.8, 4) is 0 Å². The van der Waals surface area contributed by atoms with Crippen molar-refractivity contribution in [1.82, 2.24) is 24.1 Å². The lowest BCUT2D eigenvalue weighted by atomic mass is 9.99. The Morgan fingerprint density at radius 1 is 1.00 bits per heavy atom. The zero-order chi connectivity index (χ0) is 26.9. The van der Waals surface area contributed by atoms with Crippen LogP contribution in [0.5, 0.6) is 0 Å². The standard InChI is InChI=1S/C26H28ClN5O5S/c1-37-25(33)24-16-30(38(35,36)21-8-6-18-14-20(27)7-5-19(18)15-21)12-13-32(24)26(34)31-11-3-2-4-23(31)22-9-10-28-17-29-22/h5-10,14-15,17,23-24H,2-4,11-13,16H2,1H3. The van der Waals surface area contributed by atoms with Gasteiger partial charge >= 0.3 is 12.0 Å². The molecule has 200 valence electrons. The second-order valence-corrected chi connectivity index (χ2v) is 11.7. The lowest BCUT2D eigenvalue weighted by molar-refractivity contribution is -0.147. The molecule has 0 bridgehead atoms. The molecule has 2 aromatic carbocycles. The van der Waals surface area contributed by atoms with Gasteiger partial charge in [-0.05, 0) is 60.4 Å². The van der Waals surface area contributed by atoms with Crippen molar-refractivity contribution >= 4 is 44.4 Å². The lowest BCUT2D eigenvalue weighted by Gasteiger charge is -2.44. The van der Waals surface area contributed by atoms with Crippen LogP contribution in [0.4, 0.5) is 4.79 Å². The number of amides is 2. The number of benzene rings is 2. The SMILES string of the molecule is COC(=O)C1CN(S(=O)(=O)c2ccc3cc(Cl)ccc3c2)CCN1C(=O)N1CCCCC1c1ccncn1. The summed E-state index contributed by atoms with van der Waals surface area (Å²) in [4.78, 5) is 38.2. The first kappa shape index (κ1) is 26.3. The fraction of sp³-hybridized carbons (Fsp3) is 0.385. The number of sulfonamides is 1. The smallest absolute Gasteiger partial charge is 0.330 e. The monoisotopic (exact) mass is 557 g/mol. The van der Waals surface area contributed by atoms with Gasteiger partial charge in [-0.3, -0.25) is 0 Å². The number of rotatable bonds is 4. The number of nitrogens with zero attached hydrogens (tertiary/aromatic N) is 5. The lowest BCUT2D eigenvalue weighted by Crippen LogP contribution is -2.62. The van der Waals surface area contributed by atoms with Gasteiger partial charge in [0.2, 0.25) is 10.0 Å². The van der Waals surface area contributed by atoms with Crippen molar-refractivity contribution in [1.29, 1.82) is 0 Å². The van der Waals surface area contributed by atoms with Gasteiger partial charge in [-0.2, -0.15) is 4.31 Å². The van der Waals surface area contributed by atoms with Gasteiger partial charge in [0.1, 0.15) is 12.4 Å². The van der Waals surface area contributed by atoms with E-state index in [9.17, 15) is 18.0 Å². The third-order valence-electron chi connectivity index (χ3n) is 7.17. The Hall–Kier alpha value is -3.28. The first-order chi connectivity index (χ1) is 18.3. The van der Waals surface area contributed by atoms with Crippen LogP contribution in [0, 0.1) is 0 Å². The number of halogens is 1. The number of esters is 1. The third kappa shape index (κ3) is 5.05. The van der Waals surface area contributed by atoms with E-state index < -0.39 is 22.0 Å². The molecule has 38 heavy (non-hydrogen) atoms. The highest BCUT2D eigenvalue weighted by Gasteiger charge is 2.43. The predicted octanol–water partition coefficient (Wildman–Crippen LogP) is 3.48. The minimum absolute atomic E-state index is 0.0479. The average Bonchev–Trinajstić information content (AvgIpc) is 2.96. The third-order valence-corrected chi connectivity index (χ3v) is 9.26. The molecular weight excluding hydrogens is 530 g/mol. The van der Waals surface area contributed by atoms with E-state index in [1.165, 1.54) is 28.7 Å². The van der Waals surface area contributed by atoms with Crippen LogP contribution in [0.15, 0.2) is 59.9 Å². The largest absolute Gasteiger partial charge is 0.467 e. The molecule has 0 aliphatic carbocycles. The Kier molecular flexibility index (Phi) is 7.51. The van der Waals surface area contributed by atoms with Crippen LogP contribution in [0.3, 0.4) is 0 Å². The summed E-state index contributed by atoms with van der Waals surface area (Å²) in [6.07, 6.45) is 5.62. The van der Waals surface area contributed by atoms with E-state index >= 15 is 0 Å². The molecule has 10 nitrogen and oxygen atoms in total. The summed E-state index contributed by atoms with van der Waals surface area (Å²) < 4.78 is 33.4. The van der Waals surface area contributed by atoms with Crippen LogP contribution >= 0.6 is 11.6 Å². The van der Waals surface area contributed by atoms with Crippen molar-refractivity contribution in [2.75, 3.05) is 33.3 Å². The molecule has 0 radical (unpaired) electrons. The van der Waals surface area contributed by atoms with Gasteiger partial charge in [-0.15, -0.1) is 0 Å². The topological polar surface area (TPSA) is 113 Å². The fourth-order valence-corrected chi connectivity index (χ4v) is 6.83. The van der Waals surface area contributed by atoms with E-state index in [2.05, 4.69) is 9.97 Å². The van der Waals surface area contributed by atoms with Gasteiger partial charge in [0, 0.05) is 37.4 Å². The van der Waals surface area contributed by atoms with Crippen molar-refractivity contribution in [2.45, 2.75) is 36.2 Å². The number of ether oxygens (including phenoxy) is 1. The summed E-state index contributed by atoms with van der Waals surface area (Å²) in [5.74, 6) is -0.665. The molecule has 0 N–H and O–H groups in total. The van der Waals surface area contributed by atoms with Gasteiger partial charge in [0.15, 0.2) is 0 Å². The molecule has 2 fully saturated rings.